The predicted octanol–water partition coefficient (Wildman–Crippen LogP) is 2.05. The van der Waals surface area contributed by atoms with E-state index in [2.05, 4.69) is 40.7 Å². The summed E-state index contributed by atoms with van der Waals surface area (Å²) in [5.41, 5.74) is 0. The number of hydrogen-bond donors (Lipinski definition) is 0. The molecule has 3 atom stereocenters. The summed E-state index contributed by atoms with van der Waals surface area (Å²) in [4.78, 5) is 21.6. The molecule has 2 fully saturated rings. The second-order valence-electron chi connectivity index (χ2n) is 7.71. The number of carbonyl (C=O) groups excluding carboxylic acids is 1. The summed E-state index contributed by atoms with van der Waals surface area (Å²) in [7, 11) is 0. The molecule has 26 heavy (non-hydrogen) atoms. The van der Waals surface area contributed by atoms with E-state index in [0.717, 1.165) is 57.7 Å². The van der Waals surface area contributed by atoms with Crippen LogP contribution >= 0.6 is 0 Å². The summed E-state index contributed by atoms with van der Waals surface area (Å²) < 4.78 is 11.1. The molecule has 0 radical (unpaired) electrons. The first-order chi connectivity index (χ1) is 12.5. The van der Waals surface area contributed by atoms with Gasteiger partial charge in [-0.1, -0.05) is 12.1 Å². The van der Waals surface area contributed by atoms with Crippen molar-refractivity contribution >= 4 is 5.91 Å². The molecule has 0 spiro atoms. The highest BCUT2D eigenvalue weighted by Crippen LogP contribution is 2.22. The van der Waals surface area contributed by atoms with Gasteiger partial charge in [0.2, 0.25) is 11.8 Å². The standard InChI is InChI=1S/C19H32N4O3/c1-4-6-17-20-18(26-21-17)8-9-19(24)23-10-5-7-16(23)13-22-11-14(2)25-15(3)12-22/h14-16H,4-13H2,1-3H3. The molecule has 0 bridgehead atoms. The lowest BCUT2D eigenvalue weighted by atomic mass is 10.1. The maximum atomic E-state index is 12.7. The predicted molar refractivity (Wildman–Crippen MR) is 97.8 cm³/mol. The molecule has 0 saturated carbocycles. The molecule has 146 valence electrons. The van der Waals surface area contributed by atoms with Crippen molar-refractivity contribution in [3.63, 3.8) is 0 Å². The van der Waals surface area contributed by atoms with E-state index in [0.29, 0.717) is 24.8 Å². The van der Waals surface area contributed by atoms with Crippen LogP contribution in [0.25, 0.3) is 0 Å². The first-order valence-electron chi connectivity index (χ1n) is 10.0. The molecule has 2 saturated heterocycles. The molecule has 2 aliphatic heterocycles. The quantitative estimate of drug-likeness (QED) is 0.737. The van der Waals surface area contributed by atoms with Crippen LogP contribution in [0.2, 0.25) is 0 Å². The Labute approximate surface area is 156 Å². The van der Waals surface area contributed by atoms with Crippen molar-refractivity contribution in [3.05, 3.63) is 11.7 Å². The Morgan fingerprint density at radius 3 is 2.73 bits per heavy atom. The van der Waals surface area contributed by atoms with E-state index < -0.39 is 0 Å². The Morgan fingerprint density at radius 2 is 2.00 bits per heavy atom. The molecule has 7 heteroatoms. The minimum Gasteiger partial charge on any atom is -0.373 e. The Balaban J connectivity index is 1.49. The molecule has 1 aromatic rings. The van der Waals surface area contributed by atoms with Crippen molar-refractivity contribution in [3.8, 4) is 0 Å². The minimum absolute atomic E-state index is 0.206. The topological polar surface area (TPSA) is 71.7 Å². The minimum atomic E-state index is 0.206. The summed E-state index contributed by atoms with van der Waals surface area (Å²) in [6.07, 6.45) is 5.50. The molecule has 3 unspecified atom stereocenters. The smallest absolute Gasteiger partial charge is 0.227 e. The number of nitrogens with zero attached hydrogens (tertiary/aromatic N) is 4. The number of likely N-dealkylation sites (tertiary alicyclic amines) is 1. The van der Waals surface area contributed by atoms with Gasteiger partial charge in [-0.3, -0.25) is 9.69 Å². The SMILES string of the molecule is CCCc1noc(CCC(=O)N2CCCC2CN2CC(C)OC(C)C2)n1. The molecule has 3 rings (SSSR count). The summed E-state index contributed by atoms with van der Waals surface area (Å²) in [6.45, 7) is 10.0. The van der Waals surface area contributed by atoms with E-state index in [1.165, 1.54) is 0 Å². The molecule has 0 N–H and O–H groups in total. The number of hydrogen-bond acceptors (Lipinski definition) is 6. The van der Waals surface area contributed by atoms with Crippen LogP contribution < -0.4 is 0 Å². The van der Waals surface area contributed by atoms with Gasteiger partial charge in [0, 0.05) is 51.5 Å². The Kier molecular flexibility index (Phi) is 6.64. The Morgan fingerprint density at radius 1 is 1.23 bits per heavy atom. The van der Waals surface area contributed by atoms with Gasteiger partial charge in [0.15, 0.2) is 5.82 Å². The average molecular weight is 364 g/mol. The van der Waals surface area contributed by atoms with E-state index in [-0.39, 0.29) is 18.1 Å². The number of carbonyl (C=O) groups is 1. The van der Waals surface area contributed by atoms with Crippen LogP contribution in [-0.4, -0.2) is 70.3 Å². The van der Waals surface area contributed by atoms with Crippen molar-refractivity contribution in [1.29, 1.82) is 0 Å². The molecule has 7 nitrogen and oxygen atoms in total. The summed E-state index contributed by atoms with van der Waals surface area (Å²) in [5.74, 6) is 1.52. The molecule has 2 aliphatic rings. The van der Waals surface area contributed by atoms with Gasteiger partial charge < -0.3 is 14.2 Å². The first kappa shape index (κ1) is 19.3. The second kappa shape index (κ2) is 8.95. The van der Waals surface area contributed by atoms with Gasteiger partial charge in [0.1, 0.15) is 0 Å². The third kappa shape index (κ3) is 5.04. The van der Waals surface area contributed by atoms with Crippen LogP contribution in [0, 0.1) is 0 Å². The van der Waals surface area contributed by atoms with Gasteiger partial charge in [-0.15, -0.1) is 0 Å². The van der Waals surface area contributed by atoms with Gasteiger partial charge in [0.25, 0.3) is 0 Å². The first-order valence-corrected chi connectivity index (χ1v) is 10.0. The lowest BCUT2D eigenvalue weighted by molar-refractivity contribution is -0.133. The van der Waals surface area contributed by atoms with E-state index in [1.54, 1.807) is 0 Å². The fraction of sp³-hybridized carbons (Fsp3) is 0.842. The molecule has 1 amide bonds. The number of aryl methyl sites for hydroxylation is 2. The fourth-order valence-electron chi connectivity index (χ4n) is 4.16. The van der Waals surface area contributed by atoms with Gasteiger partial charge in [-0.05, 0) is 33.1 Å². The summed E-state index contributed by atoms with van der Waals surface area (Å²) in [5, 5.41) is 3.96. The van der Waals surface area contributed by atoms with Gasteiger partial charge in [-0.2, -0.15) is 4.98 Å². The summed E-state index contributed by atoms with van der Waals surface area (Å²) >= 11 is 0. The second-order valence-corrected chi connectivity index (χ2v) is 7.71. The van der Waals surface area contributed by atoms with Crippen LogP contribution in [0.15, 0.2) is 4.52 Å². The van der Waals surface area contributed by atoms with Gasteiger partial charge >= 0.3 is 0 Å². The van der Waals surface area contributed by atoms with Crippen LogP contribution in [0.5, 0.6) is 0 Å². The number of amides is 1. The third-order valence-corrected chi connectivity index (χ3v) is 5.20. The van der Waals surface area contributed by atoms with Gasteiger partial charge in [0.05, 0.1) is 12.2 Å². The highest BCUT2D eigenvalue weighted by Gasteiger charge is 2.32. The number of morpholine rings is 1. The zero-order valence-corrected chi connectivity index (χ0v) is 16.3. The highest BCUT2D eigenvalue weighted by molar-refractivity contribution is 5.77. The van der Waals surface area contributed by atoms with E-state index >= 15 is 0 Å². The van der Waals surface area contributed by atoms with E-state index in [1.807, 2.05) is 0 Å². The zero-order chi connectivity index (χ0) is 18.5. The maximum absolute atomic E-state index is 12.7. The average Bonchev–Trinajstić information content (AvgIpc) is 3.21. The van der Waals surface area contributed by atoms with E-state index in [4.69, 9.17) is 9.26 Å². The lowest BCUT2D eigenvalue weighted by Gasteiger charge is -2.38. The molecular formula is C19H32N4O3. The van der Waals surface area contributed by atoms with Gasteiger partial charge in [-0.25, -0.2) is 0 Å². The number of aromatic nitrogens is 2. The van der Waals surface area contributed by atoms with Crippen LogP contribution in [0.4, 0.5) is 0 Å². The third-order valence-electron chi connectivity index (χ3n) is 5.20. The normalized spacial score (nSPS) is 27.2. The molecule has 0 aliphatic carbocycles. The Hall–Kier alpha value is -1.47. The molecular weight excluding hydrogens is 332 g/mol. The molecule has 3 heterocycles. The van der Waals surface area contributed by atoms with Crippen molar-refractivity contribution in [2.45, 2.75) is 77.5 Å². The van der Waals surface area contributed by atoms with Crippen LogP contribution in [0.1, 0.15) is 58.2 Å². The lowest BCUT2D eigenvalue weighted by Crippen LogP contribution is -2.50. The number of ether oxygens (including phenoxy) is 1. The fourth-order valence-corrected chi connectivity index (χ4v) is 4.16. The molecule has 0 aromatic carbocycles. The van der Waals surface area contributed by atoms with Crippen LogP contribution in [-0.2, 0) is 22.4 Å². The van der Waals surface area contributed by atoms with Crippen molar-refractivity contribution < 1.29 is 14.1 Å². The summed E-state index contributed by atoms with van der Waals surface area (Å²) in [6, 6.07) is 0.318. The van der Waals surface area contributed by atoms with Crippen molar-refractivity contribution in [2.24, 2.45) is 0 Å². The van der Waals surface area contributed by atoms with Crippen molar-refractivity contribution in [2.75, 3.05) is 26.2 Å². The maximum Gasteiger partial charge on any atom is 0.227 e. The molecule has 1 aromatic heterocycles. The van der Waals surface area contributed by atoms with Crippen LogP contribution in [0.3, 0.4) is 0 Å². The Bertz CT molecular complexity index is 581. The monoisotopic (exact) mass is 364 g/mol. The van der Waals surface area contributed by atoms with Crippen molar-refractivity contribution in [1.82, 2.24) is 19.9 Å². The largest absolute Gasteiger partial charge is 0.373 e. The van der Waals surface area contributed by atoms with E-state index in [9.17, 15) is 4.79 Å². The number of rotatable bonds is 7. The highest BCUT2D eigenvalue weighted by atomic mass is 16.5. The zero-order valence-electron chi connectivity index (χ0n) is 16.3.